The second-order valence-electron chi connectivity index (χ2n) is 5.09. The number of hydrogen-bond acceptors (Lipinski definition) is 2. The second-order valence-corrected chi connectivity index (χ2v) is 5.09. The summed E-state index contributed by atoms with van der Waals surface area (Å²) in [6, 6.07) is -1.11. The van der Waals surface area contributed by atoms with Gasteiger partial charge in [0.25, 0.3) is 0 Å². The van der Waals surface area contributed by atoms with Gasteiger partial charge < -0.3 is 15.3 Å². The maximum atomic E-state index is 11.6. The monoisotopic (exact) mass is 230 g/mol. The predicted octanol–water partition coefficient (Wildman–Crippen LogP) is 1.54. The number of amides is 2. The maximum absolute atomic E-state index is 11.6. The van der Waals surface area contributed by atoms with Gasteiger partial charge in [-0.25, -0.2) is 9.59 Å². The van der Waals surface area contributed by atoms with Crippen molar-refractivity contribution in [3.63, 3.8) is 0 Å². The van der Waals surface area contributed by atoms with E-state index in [0.29, 0.717) is 13.0 Å². The molecule has 0 aromatic carbocycles. The van der Waals surface area contributed by atoms with E-state index in [9.17, 15) is 9.59 Å². The highest BCUT2D eigenvalue weighted by atomic mass is 16.4. The van der Waals surface area contributed by atoms with Crippen LogP contribution in [0.1, 0.15) is 34.1 Å². The maximum Gasteiger partial charge on any atom is 0.326 e. The molecule has 2 amide bonds. The first-order chi connectivity index (χ1) is 7.19. The summed E-state index contributed by atoms with van der Waals surface area (Å²) >= 11 is 0. The Morgan fingerprint density at radius 2 is 1.88 bits per heavy atom. The first-order valence-electron chi connectivity index (χ1n) is 5.42. The van der Waals surface area contributed by atoms with Crippen molar-refractivity contribution in [2.75, 3.05) is 13.6 Å². The molecule has 0 aromatic heterocycles. The molecule has 5 heteroatoms. The Morgan fingerprint density at radius 1 is 1.38 bits per heavy atom. The number of aliphatic carboxylic acids is 1. The highest BCUT2D eigenvalue weighted by Crippen LogP contribution is 2.11. The van der Waals surface area contributed by atoms with Crippen LogP contribution in [0.25, 0.3) is 0 Å². The van der Waals surface area contributed by atoms with E-state index in [4.69, 9.17) is 5.11 Å². The van der Waals surface area contributed by atoms with Crippen LogP contribution in [-0.4, -0.2) is 41.6 Å². The standard InChI is InChI=1S/C11H22N2O3/c1-6-8(9(14)15)13(5)10(16)12-7-11(2,3)4/h8H,6-7H2,1-5H3,(H,12,16)(H,14,15). The molecule has 0 radical (unpaired) electrons. The van der Waals surface area contributed by atoms with Crippen molar-refractivity contribution in [1.29, 1.82) is 0 Å². The summed E-state index contributed by atoms with van der Waals surface area (Å²) in [6.45, 7) is 8.27. The van der Waals surface area contributed by atoms with E-state index in [-0.39, 0.29) is 11.4 Å². The molecule has 0 saturated heterocycles. The Balaban J connectivity index is 4.32. The topological polar surface area (TPSA) is 69.6 Å². The number of carboxylic acids is 1. The molecule has 2 N–H and O–H groups in total. The third-order valence-corrected chi connectivity index (χ3v) is 2.23. The minimum atomic E-state index is -0.976. The van der Waals surface area contributed by atoms with Crippen LogP contribution in [0, 0.1) is 5.41 Å². The van der Waals surface area contributed by atoms with Gasteiger partial charge in [0.2, 0.25) is 0 Å². The molecular formula is C11H22N2O3. The highest BCUT2D eigenvalue weighted by Gasteiger charge is 2.25. The van der Waals surface area contributed by atoms with E-state index >= 15 is 0 Å². The van der Waals surface area contributed by atoms with Crippen LogP contribution in [0.3, 0.4) is 0 Å². The lowest BCUT2D eigenvalue weighted by molar-refractivity contribution is -0.141. The number of rotatable bonds is 4. The van der Waals surface area contributed by atoms with Crippen LogP contribution < -0.4 is 5.32 Å². The van der Waals surface area contributed by atoms with E-state index in [0.717, 1.165) is 0 Å². The number of carboxylic acid groups (broad SMARTS) is 1. The zero-order valence-electron chi connectivity index (χ0n) is 10.7. The lowest BCUT2D eigenvalue weighted by Crippen LogP contribution is -2.48. The third-order valence-electron chi connectivity index (χ3n) is 2.23. The van der Waals surface area contributed by atoms with Crippen LogP contribution in [0.4, 0.5) is 4.79 Å². The first kappa shape index (κ1) is 14.7. The number of urea groups is 1. The normalized spacial score (nSPS) is 13.1. The van der Waals surface area contributed by atoms with E-state index in [1.54, 1.807) is 6.92 Å². The predicted molar refractivity (Wildman–Crippen MR) is 62.3 cm³/mol. The Morgan fingerprint density at radius 3 is 2.19 bits per heavy atom. The third kappa shape index (κ3) is 5.00. The molecule has 0 bridgehead atoms. The summed E-state index contributed by atoms with van der Waals surface area (Å²) in [6.07, 6.45) is 0.398. The van der Waals surface area contributed by atoms with Gasteiger partial charge in [0, 0.05) is 13.6 Å². The van der Waals surface area contributed by atoms with E-state index in [1.807, 2.05) is 20.8 Å². The first-order valence-corrected chi connectivity index (χ1v) is 5.42. The van der Waals surface area contributed by atoms with Gasteiger partial charge in [0.1, 0.15) is 6.04 Å². The SMILES string of the molecule is CCC(C(=O)O)N(C)C(=O)NCC(C)(C)C. The molecule has 1 unspecified atom stereocenters. The average Bonchev–Trinajstić information content (AvgIpc) is 2.13. The lowest BCUT2D eigenvalue weighted by atomic mass is 9.97. The van der Waals surface area contributed by atoms with Crippen LogP contribution in [0.2, 0.25) is 0 Å². The number of carbonyl (C=O) groups is 2. The molecule has 0 aliphatic rings. The Hall–Kier alpha value is -1.26. The van der Waals surface area contributed by atoms with Crippen LogP contribution in [0.15, 0.2) is 0 Å². The van der Waals surface area contributed by atoms with E-state index in [2.05, 4.69) is 5.32 Å². The molecule has 0 aromatic rings. The summed E-state index contributed by atoms with van der Waals surface area (Å²) in [5.74, 6) is -0.976. The number of nitrogens with one attached hydrogen (secondary N) is 1. The number of nitrogens with zero attached hydrogens (tertiary/aromatic N) is 1. The Kier molecular flexibility index (Phi) is 5.27. The molecule has 94 valence electrons. The molecule has 5 nitrogen and oxygen atoms in total. The zero-order chi connectivity index (χ0) is 12.9. The molecule has 0 spiro atoms. The quantitative estimate of drug-likeness (QED) is 0.769. The van der Waals surface area contributed by atoms with Crippen molar-refractivity contribution < 1.29 is 14.7 Å². The number of likely N-dealkylation sites (N-methyl/N-ethyl adjacent to an activating group) is 1. The molecule has 16 heavy (non-hydrogen) atoms. The summed E-state index contributed by atoms with van der Waals surface area (Å²) in [5, 5.41) is 11.6. The minimum absolute atomic E-state index is 0.0125. The van der Waals surface area contributed by atoms with Gasteiger partial charge in [-0.15, -0.1) is 0 Å². The van der Waals surface area contributed by atoms with Gasteiger partial charge in [0.15, 0.2) is 0 Å². The van der Waals surface area contributed by atoms with Gasteiger partial charge in [0.05, 0.1) is 0 Å². The minimum Gasteiger partial charge on any atom is -0.480 e. The fraction of sp³-hybridized carbons (Fsp3) is 0.818. The van der Waals surface area contributed by atoms with Crippen LogP contribution >= 0.6 is 0 Å². The van der Waals surface area contributed by atoms with E-state index < -0.39 is 12.0 Å². The van der Waals surface area contributed by atoms with Crippen LogP contribution in [-0.2, 0) is 4.79 Å². The van der Waals surface area contributed by atoms with Gasteiger partial charge >= 0.3 is 12.0 Å². The summed E-state index contributed by atoms with van der Waals surface area (Å²) < 4.78 is 0. The molecule has 0 fully saturated rings. The lowest BCUT2D eigenvalue weighted by Gasteiger charge is -2.26. The van der Waals surface area contributed by atoms with Crippen molar-refractivity contribution in [1.82, 2.24) is 10.2 Å². The summed E-state index contributed by atoms with van der Waals surface area (Å²) in [4.78, 5) is 23.7. The molecular weight excluding hydrogens is 208 g/mol. The van der Waals surface area contributed by atoms with Crippen molar-refractivity contribution in [3.05, 3.63) is 0 Å². The molecule has 0 rings (SSSR count). The highest BCUT2D eigenvalue weighted by molar-refractivity contribution is 5.82. The largest absolute Gasteiger partial charge is 0.480 e. The fourth-order valence-electron chi connectivity index (χ4n) is 1.22. The molecule has 0 aliphatic heterocycles. The van der Waals surface area contributed by atoms with Crippen molar-refractivity contribution in [3.8, 4) is 0 Å². The number of hydrogen-bond donors (Lipinski definition) is 2. The smallest absolute Gasteiger partial charge is 0.326 e. The van der Waals surface area contributed by atoms with E-state index in [1.165, 1.54) is 11.9 Å². The molecule has 0 saturated carbocycles. The zero-order valence-corrected chi connectivity index (χ0v) is 10.7. The van der Waals surface area contributed by atoms with Gasteiger partial charge in [-0.1, -0.05) is 27.7 Å². The Labute approximate surface area is 96.8 Å². The van der Waals surface area contributed by atoms with Crippen molar-refractivity contribution in [2.45, 2.75) is 40.2 Å². The van der Waals surface area contributed by atoms with Gasteiger partial charge in [-0.05, 0) is 11.8 Å². The summed E-state index contributed by atoms with van der Waals surface area (Å²) in [7, 11) is 1.50. The van der Waals surface area contributed by atoms with Crippen molar-refractivity contribution >= 4 is 12.0 Å². The van der Waals surface area contributed by atoms with Crippen LogP contribution in [0.5, 0.6) is 0 Å². The molecule has 1 atom stereocenters. The molecule has 0 aliphatic carbocycles. The van der Waals surface area contributed by atoms with Crippen molar-refractivity contribution in [2.24, 2.45) is 5.41 Å². The number of carbonyl (C=O) groups excluding carboxylic acids is 1. The second kappa shape index (κ2) is 5.72. The summed E-state index contributed by atoms with van der Waals surface area (Å²) in [5.41, 5.74) is -0.0125. The fourth-order valence-corrected chi connectivity index (χ4v) is 1.22. The average molecular weight is 230 g/mol. The Bertz CT molecular complexity index is 258. The van der Waals surface area contributed by atoms with Gasteiger partial charge in [-0.3, -0.25) is 0 Å². The molecule has 0 heterocycles. The van der Waals surface area contributed by atoms with Gasteiger partial charge in [-0.2, -0.15) is 0 Å².